The molecule has 0 spiro atoms. The van der Waals surface area contributed by atoms with E-state index in [4.69, 9.17) is 4.74 Å². The molecule has 1 aromatic carbocycles. The molecule has 0 unspecified atom stereocenters. The number of halogens is 1. The highest BCUT2D eigenvalue weighted by atomic mass is 127. The lowest BCUT2D eigenvalue weighted by Crippen LogP contribution is -2.60. The zero-order valence-electron chi connectivity index (χ0n) is 19.1. The Hall–Kier alpha value is -1.65. The van der Waals surface area contributed by atoms with Gasteiger partial charge >= 0.3 is 0 Å². The van der Waals surface area contributed by atoms with Crippen molar-refractivity contribution in [1.29, 1.82) is 0 Å². The molecule has 0 amide bonds. The van der Waals surface area contributed by atoms with E-state index in [2.05, 4.69) is 49.9 Å². The maximum absolute atomic E-state index is 5.61. The molecule has 0 bridgehead atoms. The topological polar surface area (TPSA) is 66.7 Å². The standard InChI is InChI=1S/C24H36N6O.HI/c1-25-23(26-18-21-7-5-8-22(17-21)19-30-12-6-11-28-30)27-20-24(9-3-2-4-10-24)29-13-15-31-16-14-29;/h5-8,11-12,17H,2-4,9-10,13-16,18-20H2,1H3,(H2,25,26,27);1H. The second kappa shape index (κ2) is 12.6. The average Bonchev–Trinajstić information content (AvgIpc) is 3.34. The Balaban J connectivity index is 0.00000289. The number of hydrogen-bond acceptors (Lipinski definition) is 4. The van der Waals surface area contributed by atoms with Gasteiger partial charge in [-0.25, -0.2) is 0 Å². The van der Waals surface area contributed by atoms with Crippen LogP contribution in [0.1, 0.15) is 43.2 Å². The highest BCUT2D eigenvalue weighted by Crippen LogP contribution is 2.33. The first kappa shape index (κ1) is 25.0. The number of aromatic nitrogens is 2. The third-order valence-electron chi connectivity index (χ3n) is 6.63. The van der Waals surface area contributed by atoms with Gasteiger partial charge in [0.05, 0.1) is 19.8 Å². The third kappa shape index (κ3) is 6.68. The van der Waals surface area contributed by atoms with Gasteiger partial charge in [0.1, 0.15) is 0 Å². The molecule has 32 heavy (non-hydrogen) atoms. The molecule has 1 aromatic heterocycles. The van der Waals surface area contributed by atoms with Crippen molar-refractivity contribution in [3.63, 3.8) is 0 Å². The van der Waals surface area contributed by atoms with Gasteiger partial charge in [-0.2, -0.15) is 5.10 Å². The second-order valence-electron chi connectivity index (χ2n) is 8.69. The Morgan fingerprint density at radius 1 is 1.09 bits per heavy atom. The van der Waals surface area contributed by atoms with Gasteiger partial charge in [0, 0.05) is 51.2 Å². The summed E-state index contributed by atoms with van der Waals surface area (Å²) in [6.07, 6.45) is 10.3. The average molecular weight is 553 g/mol. The van der Waals surface area contributed by atoms with Crippen LogP contribution in [0.15, 0.2) is 47.7 Å². The number of morpholine rings is 1. The summed E-state index contributed by atoms with van der Waals surface area (Å²) in [7, 11) is 1.85. The van der Waals surface area contributed by atoms with Crippen molar-refractivity contribution in [2.75, 3.05) is 39.9 Å². The maximum atomic E-state index is 5.61. The van der Waals surface area contributed by atoms with Crippen molar-refractivity contribution in [1.82, 2.24) is 25.3 Å². The van der Waals surface area contributed by atoms with Crippen LogP contribution in [0.3, 0.4) is 0 Å². The molecular formula is C24H37IN6O. The van der Waals surface area contributed by atoms with Crippen molar-refractivity contribution < 1.29 is 4.74 Å². The van der Waals surface area contributed by atoms with Crippen LogP contribution in [-0.2, 0) is 17.8 Å². The molecular weight excluding hydrogens is 515 g/mol. The molecule has 176 valence electrons. The molecule has 2 fully saturated rings. The van der Waals surface area contributed by atoms with Crippen LogP contribution in [0.2, 0.25) is 0 Å². The minimum absolute atomic E-state index is 0. The molecule has 2 N–H and O–H groups in total. The lowest BCUT2D eigenvalue weighted by atomic mass is 9.80. The number of benzene rings is 1. The second-order valence-corrected chi connectivity index (χ2v) is 8.69. The van der Waals surface area contributed by atoms with Crippen molar-refractivity contribution in [3.8, 4) is 0 Å². The SMILES string of the molecule is CN=C(NCc1cccc(Cn2cccn2)c1)NCC1(N2CCOCC2)CCCCC1.I. The number of hydrogen-bond donors (Lipinski definition) is 2. The lowest BCUT2D eigenvalue weighted by Gasteiger charge is -2.48. The number of guanidine groups is 1. The van der Waals surface area contributed by atoms with Crippen LogP contribution in [0.5, 0.6) is 0 Å². The molecule has 1 aliphatic heterocycles. The molecule has 0 atom stereocenters. The van der Waals surface area contributed by atoms with E-state index < -0.39 is 0 Å². The van der Waals surface area contributed by atoms with Crippen LogP contribution < -0.4 is 10.6 Å². The van der Waals surface area contributed by atoms with Gasteiger partial charge in [0.2, 0.25) is 0 Å². The number of rotatable bonds is 7. The van der Waals surface area contributed by atoms with Crippen molar-refractivity contribution in [3.05, 3.63) is 53.9 Å². The van der Waals surface area contributed by atoms with Crippen LogP contribution in [0.25, 0.3) is 0 Å². The fourth-order valence-electron chi connectivity index (χ4n) is 4.93. The van der Waals surface area contributed by atoms with Crippen LogP contribution in [-0.4, -0.2) is 66.1 Å². The van der Waals surface area contributed by atoms with E-state index in [1.165, 1.54) is 43.2 Å². The minimum Gasteiger partial charge on any atom is -0.379 e. The highest BCUT2D eigenvalue weighted by molar-refractivity contribution is 14.0. The fraction of sp³-hybridized carbons (Fsp3) is 0.583. The van der Waals surface area contributed by atoms with E-state index in [0.29, 0.717) is 0 Å². The summed E-state index contributed by atoms with van der Waals surface area (Å²) in [4.78, 5) is 7.15. The molecule has 2 heterocycles. The Labute approximate surface area is 209 Å². The summed E-state index contributed by atoms with van der Waals surface area (Å²) < 4.78 is 7.56. The minimum atomic E-state index is 0. The Morgan fingerprint density at radius 3 is 2.59 bits per heavy atom. The smallest absolute Gasteiger partial charge is 0.191 e. The molecule has 0 radical (unpaired) electrons. The molecule has 4 rings (SSSR count). The van der Waals surface area contributed by atoms with Crippen LogP contribution in [0.4, 0.5) is 0 Å². The molecule has 1 saturated heterocycles. The van der Waals surface area contributed by atoms with Gasteiger partial charge in [0.25, 0.3) is 0 Å². The predicted octanol–water partition coefficient (Wildman–Crippen LogP) is 3.25. The van der Waals surface area contributed by atoms with E-state index in [-0.39, 0.29) is 29.5 Å². The largest absolute Gasteiger partial charge is 0.379 e. The van der Waals surface area contributed by atoms with Gasteiger partial charge in [-0.3, -0.25) is 14.6 Å². The highest BCUT2D eigenvalue weighted by Gasteiger charge is 2.38. The molecule has 1 aliphatic carbocycles. The first-order valence-corrected chi connectivity index (χ1v) is 11.6. The Bertz CT molecular complexity index is 829. The van der Waals surface area contributed by atoms with Gasteiger partial charge in [0.15, 0.2) is 5.96 Å². The van der Waals surface area contributed by atoms with Crippen molar-refractivity contribution in [2.24, 2.45) is 4.99 Å². The molecule has 2 aliphatic rings. The van der Waals surface area contributed by atoms with E-state index in [0.717, 1.165) is 51.9 Å². The fourth-order valence-corrected chi connectivity index (χ4v) is 4.93. The van der Waals surface area contributed by atoms with Gasteiger partial charge < -0.3 is 15.4 Å². The molecule has 2 aromatic rings. The molecule has 8 heteroatoms. The first-order chi connectivity index (χ1) is 15.3. The monoisotopic (exact) mass is 552 g/mol. The summed E-state index contributed by atoms with van der Waals surface area (Å²) in [5.74, 6) is 0.871. The number of aliphatic imine (C=N–C) groups is 1. The Morgan fingerprint density at radius 2 is 1.88 bits per heavy atom. The zero-order chi connectivity index (χ0) is 21.4. The predicted molar refractivity (Wildman–Crippen MR) is 140 cm³/mol. The van der Waals surface area contributed by atoms with E-state index >= 15 is 0 Å². The number of nitrogens with one attached hydrogen (secondary N) is 2. The maximum Gasteiger partial charge on any atom is 0.191 e. The summed E-state index contributed by atoms with van der Waals surface area (Å²) in [5, 5.41) is 11.4. The van der Waals surface area contributed by atoms with Gasteiger partial charge in [-0.1, -0.05) is 43.5 Å². The van der Waals surface area contributed by atoms with E-state index in [9.17, 15) is 0 Å². The molecule has 1 saturated carbocycles. The van der Waals surface area contributed by atoms with Crippen LogP contribution >= 0.6 is 24.0 Å². The quantitative estimate of drug-likeness (QED) is 0.314. The number of ether oxygens (including phenoxy) is 1. The van der Waals surface area contributed by atoms with Crippen molar-refractivity contribution >= 4 is 29.9 Å². The summed E-state index contributed by atoms with van der Waals surface area (Å²) >= 11 is 0. The molecule has 7 nitrogen and oxygen atoms in total. The normalized spacial score (nSPS) is 19.2. The van der Waals surface area contributed by atoms with E-state index in [1.807, 2.05) is 30.2 Å². The summed E-state index contributed by atoms with van der Waals surface area (Å²) in [6.45, 7) is 6.25. The van der Waals surface area contributed by atoms with E-state index in [1.54, 1.807) is 0 Å². The summed E-state index contributed by atoms with van der Waals surface area (Å²) in [5.41, 5.74) is 2.72. The zero-order valence-corrected chi connectivity index (χ0v) is 21.5. The summed E-state index contributed by atoms with van der Waals surface area (Å²) in [6, 6.07) is 10.6. The van der Waals surface area contributed by atoms with Crippen molar-refractivity contribution in [2.45, 2.75) is 50.7 Å². The van der Waals surface area contributed by atoms with Crippen LogP contribution in [0, 0.1) is 0 Å². The Kier molecular flexibility index (Phi) is 9.80. The third-order valence-corrected chi connectivity index (χ3v) is 6.63. The van der Waals surface area contributed by atoms with Gasteiger partial charge in [-0.05, 0) is 30.0 Å². The lowest BCUT2D eigenvalue weighted by molar-refractivity contribution is -0.0352. The first-order valence-electron chi connectivity index (χ1n) is 11.6. The van der Waals surface area contributed by atoms with Gasteiger partial charge in [-0.15, -0.1) is 24.0 Å². The number of nitrogens with zero attached hydrogens (tertiary/aromatic N) is 4.